The molecule has 4 heterocycles. The van der Waals surface area contributed by atoms with E-state index in [-0.39, 0.29) is 23.4 Å². The number of aryl methyl sites for hydroxylation is 1. The average Bonchev–Trinajstić information content (AvgIpc) is 3.25. The van der Waals surface area contributed by atoms with Crippen molar-refractivity contribution >= 4 is 27.5 Å². The maximum Gasteiger partial charge on any atom is 0.346 e. The van der Waals surface area contributed by atoms with E-state index in [1.807, 2.05) is 6.92 Å². The van der Waals surface area contributed by atoms with E-state index in [0.29, 0.717) is 26.9 Å². The van der Waals surface area contributed by atoms with Crippen molar-refractivity contribution in [2.45, 2.75) is 40.2 Å². The summed E-state index contributed by atoms with van der Waals surface area (Å²) in [7, 11) is 1.35. The second kappa shape index (κ2) is 7.96. The van der Waals surface area contributed by atoms with Crippen molar-refractivity contribution in [3.63, 3.8) is 0 Å². The fraction of sp³-hybridized carbons (Fsp3) is 0.333. The Hall–Kier alpha value is -3.80. The Balaban J connectivity index is 1.97. The first kappa shape index (κ1) is 22.4. The molecular formula is C21H22N6O5S. The van der Waals surface area contributed by atoms with Crippen molar-refractivity contribution < 1.29 is 9.90 Å². The van der Waals surface area contributed by atoms with E-state index < -0.39 is 22.9 Å². The van der Waals surface area contributed by atoms with Crippen LogP contribution in [-0.4, -0.2) is 40.0 Å². The summed E-state index contributed by atoms with van der Waals surface area (Å²) < 4.78 is 3.95. The van der Waals surface area contributed by atoms with Gasteiger partial charge in [-0.2, -0.15) is 5.10 Å². The summed E-state index contributed by atoms with van der Waals surface area (Å²) in [6.07, 6.45) is 1.57. The van der Waals surface area contributed by atoms with Gasteiger partial charge in [0.1, 0.15) is 10.6 Å². The zero-order valence-corrected chi connectivity index (χ0v) is 19.5. The molecule has 4 rings (SSSR count). The summed E-state index contributed by atoms with van der Waals surface area (Å²) in [6, 6.07) is 1.34. The van der Waals surface area contributed by atoms with Crippen LogP contribution in [0.4, 0.5) is 0 Å². The molecule has 0 amide bonds. The van der Waals surface area contributed by atoms with Crippen LogP contribution in [0.3, 0.4) is 0 Å². The third-order valence-electron chi connectivity index (χ3n) is 5.59. The molecule has 0 unspecified atom stereocenters. The van der Waals surface area contributed by atoms with Gasteiger partial charge in [-0.25, -0.2) is 24.0 Å². The molecule has 0 aliphatic heterocycles. The quantitative estimate of drug-likeness (QED) is 0.450. The van der Waals surface area contributed by atoms with E-state index in [2.05, 4.69) is 15.1 Å². The van der Waals surface area contributed by atoms with Crippen LogP contribution < -0.4 is 16.9 Å². The van der Waals surface area contributed by atoms with E-state index >= 15 is 0 Å². The molecule has 33 heavy (non-hydrogen) atoms. The highest BCUT2D eigenvalue weighted by Crippen LogP contribution is 2.33. The first-order valence-corrected chi connectivity index (χ1v) is 11.0. The molecule has 11 nitrogen and oxygen atoms in total. The van der Waals surface area contributed by atoms with Crippen LogP contribution in [0.5, 0.6) is 0 Å². The first-order chi connectivity index (χ1) is 15.5. The topological polar surface area (TPSA) is 145 Å². The summed E-state index contributed by atoms with van der Waals surface area (Å²) in [6.45, 7) is 7.21. The number of H-pyrrole nitrogens is 1. The largest absolute Gasteiger partial charge is 0.478 e. The highest BCUT2D eigenvalue weighted by Gasteiger charge is 2.27. The maximum absolute atomic E-state index is 12.9. The van der Waals surface area contributed by atoms with E-state index in [1.165, 1.54) is 17.8 Å². The molecule has 0 saturated carbocycles. The number of carboxylic acids is 1. The lowest BCUT2D eigenvalue weighted by atomic mass is 10.0. The number of nitrogens with one attached hydrogen (secondary N) is 1. The van der Waals surface area contributed by atoms with Crippen molar-refractivity contribution in [3.8, 4) is 5.82 Å². The van der Waals surface area contributed by atoms with E-state index in [0.717, 1.165) is 21.5 Å². The maximum atomic E-state index is 12.9. The number of hydrogen-bond acceptors (Lipinski definition) is 7. The number of aromatic amines is 1. The van der Waals surface area contributed by atoms with E-state index in [1.54, 1.807) is 31.5 Å². The van der Waals surface area contributed by atoms with Gasteiger partial charge in [0.2, 0.25) is 0 Å². The van der Waals surface area contributed by atoms with Crippen molar-refractivity contribution in [1.82, 2.24) is 28.9 Å². The molecule has 0 aliphatic carbocycles. The first-order valence-electron chi connectivity index (χ1n) is 10.1. The van der Waals surface area contributed by atoms with Crippen molar-refractivity contribution in [2.75, 3.05) is 0 Å². The molecule has 0 aliphatic rings. The highest BCUT2D eigenvalue weighted by molar-refractivity contribution is 7.19. The zero-order chi connectivity index (χ0) is 24.2. The van der Waals surface area contributed by atoms with Crippen molar-refractivity contribution in [1.29, 1.82) is 0 Å². The Morgan fingerprint density at radius 1 is 1.24 bits per heavy atom. The Morgan fingerprint density at radius 3 is 2.55 bits per heavy atom. The van der Waals surface area contributed by atoms with Gasteiger partial charge in [-0.05, 0) is 33.8 Å². The molecule has 0 atom stereocenters. The van der Waals surface area contributed by atoms with Crippen LogP contribution in [0, 0.1) is 13.8 Å². The molecule has 0 aromatic carbocycles. The lowest BCUT2D eigenvalue weighted by molar-refractivity contribution is 0.0698. The highest BCUT2D eigenvalue weighted by atomic mass is 32.1. The molecule has 0 bridgehead atoms. The van der Waals surface area contributed by atoms with E-state index in [4.69, 9.17) is 0 Å². The molecule has 4 aromatic rings. The van der Waals surface area contributed by atoms with Gasteiger partial charge in [0.15, 0.2) is 0 Å². The normalized spacial score (nSPS) is 11.6. The Morgan fingerprint density at radius 2 is 1.94 bits per heavy atom. The molecule has 4 aromatic heterocycles. The minimum Gasteiger partial charge on any atom is -0.478 e. The molecule has 12 heteroatoms. The number of carboxylic acid groups (broad SMARTS) is 1. The fourth-order valence-corrected chi connectivity index (χ4v) is 5.37. The number of rotatable bonds is 5. The Bertz CT molecular complexity index is 1600. The second-order valence-electron chi connectivity index (χ2n) is 7.99. The van der Waals surface area contributed by atoms with Crippen molar-refractivity contribution in [3.05, 3.63) is 71.0 Å². The van der Waals surface area contributed by atoms with Gasteiger partial charge in [0.05, 0.1) is 16.6 Å². The standard InChI is InChI=1S/C21H22N6O5S/c1-9(2)26-18-16(17(28)25(5)21(26)32)15(19(29)30)13(33-18)8-12-10(3)24-27(11(12)4)14-6-7-22-20(31)23-14/h6-7,9H,8H2,1-5H3,(H,29,30)(H,22,23,31). The number of aromatic carboxylic acids is 1. The lowest BCUT2D eigenvalue weighted by Crippen LogP contribution is -2.38. The second-order valence-corrected chi connectivity index (χ2v) is 9.08. The zero-order valence-electron chi connectivity index (χ0n) is 18.7. The molecule has 2 N–H and O–H groups in total. The Labute approximate surface area is 190 Å². The van der Waals surface area contributed by atoms with Gasteiger partial charge in [-0.3, -0.25) is 18.9 Å². The summed E-state index contributed by atoms with van der Waals surface area (Å²) in [5, 5.41) is 14.5. The van der Waals surface area contributed by atoms with Crippen LogP contribution in [-0.2, 0) is 13.5 Å². The predicted molar refractivity (Wildman–Crippen MR) is 123 cm³/mol. The van der Waals surface area contributed by atoms with E-state index in [9.17, 15) is 24.3 Å². The SMILES string of the molecule is Cc1nn(-c2ccnc(=O)[nH]2)c(C)c1Cc1sc2c(c1C(=O)O)c(=O)n(C)c(=O)n2C(C)C. The van der Waals surface area contributed by atoms with Crippen LogP contribution in [0.15, 0.2) is 26.6 Å². The van der Waals surface area contributed by atoms with Gasteiger partial charge < -0.3 is 5.11 Å². The van der Waals surface area contributed by atoms with Crippen LogP contribution in [0.2, 0.25) is 0 Å². The third kappa shape index (κ3) is 3.52. The number of fused-ring (bicyclic) bond motifs is 1. The Kier molecular flexibility index (Phi) is 5.40. The van der Waals surface area contributed by atoms with Crippen LogP contribution in [0.25, 0.3) is 16.0 Å². The molecule has 0 radical (unpaired) electrons. The average molecular weight is 471 g/mol. The summed E-state index contributed by atoms with van der Waals surface area (Å²) >= 11 is 1.13. The monoisotopic (exact) mass is 470 g/mol. The smallest absolute Gasteiger partial charge is 0.346 e. The van der Waals surface area contributed by atoms with Crippen LogP contribution >= 0.6 is 11.3 Å². The molecule has 0 fully saturated rings. The summed E-state index contributed by atoms with van der Waals surface area (Å²) in [4.78, 5) is 56.5. The molecule has 0 saturated heterocycles. The number of nitrogens with zero attached hydrogens (tertiary/aromatic N) is 5. The number of aromatic nitrogens is 6. The molecular weight excluding hydrogens is 448 g/mol. The van der Waals surface area contributed by atoms with Crippen molar-refractivity contribution in [2.24, 2.45) is 7.05 Å². The lowest BCUT2D eigenvalue weighted by Gasteiger charge is -2.12. The minimum absolute atomic E-state index is 0.0273. The molecule has 172 valence electrons. The number of carbonyl (C=O) groups is 1. The van der Waals surface area contributed by atoms with Gasteiger partial charge >= 0.3 is 17.3 Å². The third-order valence-corrected chi connectivity index (χ3v) is 6.78. The number of thiophene rings is 1. The van der Waals surface area contributed by atoms with Gasteiger partial charge in [0.25, 0.3) is 5.56 Å². The summed E-state index contributed by atoms with van der Waals surface area (Å²) in [5.41, 5.74) is 0.373. The fourth-order valence-electron chi connectivity index (χ4n) is 3.95. The van der Waals surface area contributed by atoms with Gasteiger partial charge in [-0.1, -0.05) is 0 Å². The number of hydrogen-bond donors (Lipinski definition) is 2. The summed E-state index contributed by atoms with van der Waals surface area (Å²) in [5.74, 6) is -0.803. The molecule has 0 spiro atoms. The van der Waals surface area contributed by atoms with Gasteiger partial charge in [0, 0.05) is 41.8 Å². The minimum atomic E-state index is -1.23. The van der Waals surface area contributed by atoms with Gasteiger partial charge in [-0.15, -0.1) is 11.3 Å². The van der Waals surface area contributed by atoms with Crippen LogP contribution in [0.1, 0.15) is 52.1 Å². The predicted octanol–water partition coefficient (Wildman–Crippen LogP) is 1.52.